The lowest BCUT2D eigenvalue weighted by Crippen LogP contribution is -2.38. The minimum Gasteiger partial charge on any atom is -0.333 e. The van der Waals surface area contributed by atoms with Crippen LogP contribution >= 0.6 is 0 Å². The molecule has 0 saturated heterocycles. The van der Waals surface area contributed by atoms with Crippen molar-refractivity contribution < 1.29 is 4.57 Å². The van der Waals surface area contributed by atoms with Gasteiger partial charge in [-0.05, 0) is 26.0 Å². The van der Waals surface area contributed by atoms with Gasteiger partial charge in [0.1, 0.15) is 12.4 Å². The van der Waals surface area contributed by atoms with Crippen molar-refractivity contribution in [2.75, 3.05) is 7.05 Å². The molecule has 3 nitrogen and oxygen atoms in total. The lowest BCUT2D eigenvalue weighted by Gasteiger charge is -2.31. The molecule has 0 spiro atoms. The smallest absolute Gasteiger partial charge is 0.212 e. The molecule has 0 aliphatic carbocycles. The van der Waals surface area contributed by atoms with Gasteiger partial charge in [0.05, 0.1) is 6.04 Å². The van der Waals surface area contributed by atoms with Crippen LogP contribution in [0.25, 0.3) is 17.0 Å². The number of nitrogens with zero attached hydrogens (tertiary/aromatic N) is 3. The quantitative estimate of drug-likeness (QED) is 0.625. The van der Waals surface area contributed by atoms with E-state index >= 15 is 0 Å². The molecule has 27 heavy (non-hydrogen) atoms. The van der Waals surface area contributed by atoms with Crippen molar-refractivity contribution in [3.8, 4) is 0 Å². The molecule has 1 atom stereocenters. The highest BCUT2D eigenvalue weighted by Crippen LogP contribution is 2.24. The van der Waals surface area contributed by atoms with Crippen molar-refractivity contribution in [1.29, 1.82) is 0 Å². The van der Waals surface area contributed by atoms with E-state index in [0.29, 0.717) is 0 Å². The number of rotatable bonds is 3. The maximum Gasteiger partial charge on any atom is 0.212 e. The Hall–Kier alpha value is -2.94. The molecule has 3 heteroatoms. The molecule has 136 valence electrons. The third-order valence-electron chi connectivity index (χ3n) is 5.23. The van der Waals surface area contributed by atoms with Gasteiger partial charge in [-0.2, -0.15) is 4.57 Å². The number of aromatic nitrogens is 1. The average Bonchev–Trinajstić information content (AvgIpc) is 2.71. The van der Waals surface area contributed by atoms with Crippen molar-refractivity contribution in [2.45, 2.75) is 32.9 Å². The van der Waals surface area contributed by atoms with Gasteiger partial charge >= 0.3 is 0 Å². The van der Waals surface area contributed by atoms with Crippen LogP contribution in [0.3, 0.4) is 0 Å². The van der Waals surface area contributed by atoms with Crippen LogP contribution in [-0.4, -0.2) is 23.8 Å². The maximum atomic E-state index is 4.91. The van der Waals surface area contributed by atoms with Gasteiger partial charge in [-0.3, -0.25) is 4.99 Å². The maximum absolute atomic E-state index is 4.91. The molecule has 4 rings (SSSR count). The van der Waals surface area contributed by atoms with Crippen molar-refractivity contribution in [1.82, 2.24) is 4.90 Å². The van der Waals surface area contributed by atoms with Crippen LogP contribution in [0.2, 0.25) is 0 Å². The van der Waals surface area contributed by atoms with E-state index in [0.717, 1.165) is 18.8 Å². The predicted octanol–water partition coefficient (Wildman–Crippen LogP) is 4.66. The second-order valence-corrected chi connectivity index (χ2v) is 7.13. The van der Waals surface area contributed by atoms with Gasteiger partial charge in [0, 0.05) is 48.3 Å². The fraction of sp³-hybridized carbons (Fsp3) is 0.250. The summed E-state index contributed by atoms with van der Waals surface area (Å²) in [7, 11) is 2.13. The molecule has 1 aliphatic rings. The Morgan fingerprint density at radius 3 is 2.56 bits per heavy atom. The Bertz CT molecular complexity index is 1020. The molecule has 0 saturated carbocycles. The molecule has 2 heterocycles. The zero-order valence-corrected chi connectivity index (χ0v) is 16.3. The molecule has 0 N–H and O–H groups in total. The summed E-state index contributed by atoms with van der Waals surface area (Å²) in [5.41, 5.74) is 4.98. The second kappa shape index (κ2) is 7.36. The highest BCUT2D eigenvalue weighted by atomic mass is 15.2. The fourth-order valence-corrected chi connectivity index (χ4v) is 3.86. The number of hydrogen-bond donors (Lipinski definition) is 0. The molecule has 1 unspecified atom stereocenters. The van der Waals surface area contributed by atoms with E-state index in [1.165, 1.54) is 27.9 Å². The fourth-order valence-electron chi connectivity index (χ4n) is 3.86. The normalized spacial score (nSPS) is 18.8. The second-order valence-electron chi connectivity index (χ2n) is 7.13. The number of fused-ring (bicyclic) bond motifs is 1. The average molecular weight is 356 g/mol. The zero-order valence-electron chi connectivity index (χ0n) is 16.3. The lowest BCUT2D eigenvalue weighted by molar-refractivity contribution is -0.669. The number of pyridine rings is 1. The number of para-hydroxylation sites is 1. The summed E-state index contributed by atoms with van der Waals surface area (Å²) in [6, 6.07) is 23.8. The third kappa shape index (κ3) is 3.37. The van der Waals surface area contributed by atoms with Crippen LogP contribution in [0.1, 0.15) is 31.5 Å². The molecular weight excluding hydrogens is 330 g/mol. The van der Waals surface area contributed by atoms with Crippen LogP contribution in [-0.2, 0) is 6.54 Å². The van der Waals surface area contributed by atoms with E-state index in [1.54, 1.807) is 0 Å². The van der Waals surface area contributed by atoms with Crippen LogP contribution in [0.4, 0.5) is 0 Å². The van der Waals surface area contributed by atoms with E-state index in [4.69, 9.17) is 4.99 Å². The summed E-state index contributed by atoms with van der Waals surface area (Å²) in [5, 5.41) is 1.28. The first-order valence-corrected chi connectivity index (χ1v) is 9.66. The molecule has 0 bridgehead atoms. The largest absolute Gasteiger partial charge is 0.333 e. The summed E-state index contributed by atoms with van der Waals surface area (Å²) in [5.74, 6) is 1.05. The SMILES string of the molecule is CC[n+]1c(/C=C2/CC(C)N=C(c3ccccc3)N2C)ccc2ccccc21. The van der Waals surface area contributed by atoms with Gasteiger partial charge in [-0.1, -0.05) is 42.5 Å². The van der Waals surface area contributed by atoms with E-state index in [1.807, 2.05) is 6.07 Å². The number of benzene rings is 2. The number of aliphatic imine (C=N–C) groups is 1. The van der Waals surface area contributed by atoms with E-state index in [-0.39, 0.29) is 6.04 Å². The lowest BCUT2D eigenvalue weighted by atomic mass is 10.0. The summed E-state index contributed by atoms with van der Waals surface area (Å²) < 4.78 is 2.38. The van der Waals surface area contributed by atoms with Gasteiger partial charge in [0.2, 0.25) is 11.2 Å². The van der Waals surface area contributed by atoms with Gasteiger partial charge in [-0.25, -0.2) is 0 Å². The van der Waals surface area contributed by atoms with Crippen LogP contribution in [0.15, 0.2) is 77.4 Å². The van der Waals surface area contributed by atoms with Crippen molar-refractivity contribution in [3.05, 3.63) is 83.7 Å². The van der Waals surface area contributed by atoms with E-state index in [9.17, 15) is 0 Å². The summed E-state index contributed by atoms with van der Waals surface area (Å²) in [4.78, 5) is 7.15. The Labute approximate surface area is 161 Å². The predicted molar refractivity (Wildman–Crippen MR) is 113 cm³/mol. The first kappa shape index (κ1) is 17.5. The molecule has 0 fully saturated rings. The van der Waals surface area contributed by atoms with Crippen LogP contribution < -0.4 is 4.57 Å². The Morgan fingerprint density at radius 1 is 1.04 bits per heavy atom. The first-order valence-electron chi connectivity index (χ1n) is 9.66. The Morgan fingerprint density at radius 2 is 1.78 bits per heavy atom. The minimum atomic E-state index is 0.276. The summed E-state index contributed by atoms with van der Waals surface area (Å²) in [6.45, 7) is 5.34. The topological polar surface area (TPSA) is 19.5 Å². The van der Waals surface area contributed by atoms with Crippen LogP contribution in [0, 0.1) is 0 Å². The number of aryl methyl sites for hydroxylation is 1. The first-order chi connectivity index (χ1) is 13.2. The molecule has 0 radical (unpaired) electrons. The number of hydrogen-bond acceptors (Lipinski definition) is 2. The van der Waals surface area contributed by atoms with Crippen molar-refractivity contribution >= 4 is 22.8 Å². The van der Waals surface area contributed by atoms with Crippen LogP contribution in [0.5, 0.6) is 0 Å². The molecule has 1 aliphatic heterocycles. The highest BCUT2D eigenvalue weighted by Gasteiger charge is 2.23. The molecule has 3 aromatic rings. The minimum absolute atomic E-state index is 0.276. The van der Waals surface area contributed by atoms with Gasteiger partial charge in [0.25, 0.3) is 0 Å². The Balaban J connectivity index is 1.78. The molecule has 0 amide bonds. The molecular formula is C24H26N3+. The summed E-state index contributed by atoms with van der Waals surface area (Å²) in [6.07, 6.45) is 3.27. The molecule has 2 aromatic carbocycles. The van der Waals surface area contributed by atoms with E-state index in [2.05, 4.69) is 97.1 Å². The summed E-state index contributed by atoms with van der Waals surface area (Å²) >= 11 is 0. The molecule has 1 aromatic heterocycles. The van der Waals surface area contributed by atoms with Crippen molar-refractivity contribution in [3.63, 3.8) is 0 Å². The Kier molecular flexibility index (Phi) is 4.76. The monoisotopic (exact) mass is 356 g/mol. The third-order valence-corrected chi connectivity index (χ3v) is 5.23. The van der Waals surface area contributed by atoms with Gasteiger partial charge in [-0.15, -0.1) is 0 Å². The van der Waals surface area contributed by atoms with Crippen molar-refractivity contribution in [2.24, 2.45) is 4.99 Å². The van der Waals surface area contributed by atoms with E-state index < -0.39 is 0 Å². The van der Waals surface area contributed by atoms with Gasteiger partial charge in [0.15, 0.2) is 0 Å². The standard InChI is InChI=1S/C24H26N3/c1-4-27-21(15-14-19-10-8-9-13-23(19)27)17-22-16-18(2)25-24(26(22)3)20-11-6-5-7-12-20/h5-15,17-18H,4,16H2,1-3H3/q+1. The number of amidine groups is 1. The highest BCUT2D eigenvalue weighted by molar-refractivity contribution is 6.00. The zero-order chi connectivity index (χ0) is 18.8. The van der Waals surface area contributed by atoms with Gasteiger partial charge < -0.3 is 4.90 Å².